The van der Waals surface area contributed by atoms with Crippen molar-refractivity contribution in [2.24, 2.45) is 10.8 Å². The van der Waals surface area contributed by atoms with Gasteiger partial charge in [-0.05, 0) is 30.4 Å². The summed E-state index contributed by atoms with van der Waals surface area (Å²) in [5.41, 5.74) is 7.42. The predicted octanol–water partition coefficient (Wildman–Crippen LogP) is 2.93. The molecule has 3 N–H and O–H groups in total. The minimum atomic E-state index is -0.409. The summed E-state index contributed by atoms with van der Waals surface area (Å²) in [5, 5.41) is 15.8. The molecule has 6 heteroatoms. The SMILES string of the molecule is NC(=S)N1N=C(c2ccccc2O)CC1c1ccccc1F. The molecule has 0 bridgehead atoms. The van der Waals surface area contributed by atoms with Crippen LogP contribution in [0.4, 0.5) is 4.39 Å². The highest BCUT2D eigenvalue weighted by molar-refractivity contribution is 7.80. The lowest BCUT2D eigenvalue weighted by molar-refractivity contribution is 0.361. The molecule has 0 aliphatic carbocycles. The first-order chi connectivity index (χ1) is 10.6. The lowest BCUT2D eigenvalue weighted by atomic mass is 9.98. The molecule has 22 heavy (non-hydrogen) atoms. The number of thiocarbonyl (C=S) groups is 1. The van der Waals surface area contributed by atoms with Gasteiger partial charge in [-0.25, -0.2) is 9.40 Å². The molecule has 1 atom stereocenters. The molecule has 112 valence electrons. The molecule has 1 aliphatic heterocycles. The Hall–Kier alpha value is -2.47. The zero-order valence-corrected chi connectivity index (χ0v) is 12.4. The average molecular weight is 315 g/mol. The van der Waals surface area contributed by atoms with E-state index in [0.717, 1.165) is 0 Å². The third-order valence-electron chi connectivity index (χ3n) is 3.62. The highest BCUT2D eigenvalue weighted by atomic mass is 32.1. The van der Waals surface area contributed by atoms with E-state index in [9.17, 15) is 9.50 Å². The van der Waals surface area contributed by atoms with Gasteiger partial charge in [0, 0.05) is 17.5 Å². The van der Waals surface area contributed by atoms with Gasteiger partial charge in [0.15, 0.2) is 5.11 Å². The van der Waals surface area contributed by atoms with Crippen LogP contribution >= 0.6 is 12.2 Å². The fourth-order valence-corrected chi connectivity index (χ4v) is 2.75. The number of phenols is 1. The molecule has 1 unspecified atom stereocenters. The minimum absolute atomic E-state index is 0.0682. The van der Waals surface area contributed by atoms with E-state index in [0.29, 0.717) is 23.3 Å². The van der Waals surface area contributed by atoms with E-state index >= 15 is 0 Å². The molecule has 0 aromatic heterocycles. The van der Waals surface area contributed by atoms with Crippen molar-refractivity contribution in [3.8, 4) is 5.75 Å². The topological polar surface area (TPSA) is 61.8 Å². The number of hydrazone groups is 1. The first-order valence-electron chi connectivity index (χ1n) is 6.77. The van der Waals surface area contributed by atoms with Crippen LogP contribution in [-0.4, -0.2) is 20.9 Å². The standard InChI is InChI=1S/C16H14FN3OS/c17-12-7-3-1-5-10(12)14-9-13(19-20(14)16(18)22)11-6-2-4-8-15(11)21/h1-8,14,21H,9H2,(H2,18,22). The molecular formula is C16H14FN3OS. The summed E-state index contributed by atoms with van der Waals surface area (Å²) in [5.74, 6) is -0.208. The highest BCUT2D eigenvalue weighted by Gasteiger charge is 2.32. The van der Waals surface area contributed by atoms with Gasteiger partial charge in [-0.15, -0.1) is 0 Å². The number of halogens is 1. The van der Waals surface area contributed by atoms with Crippen molar-refractivity contribution in [1.82, 2.24) is 5.01 Å². The number of rotatable bonds is 2. The van der Waals surface area contributed by atoms with Crippen molar-refractivity contribution in [2.45, 2.75) is 12.5 Å². The van der Waals surface area contributed by atoms with Gasteiger partial charge in [0.2, 0.25) is 0 Å². The second-order valence-corrected chi connectivity index (χ2v) is 5.41. The summed E-state index contributed by atoms with van der Waals surface area (Å²) in [4.78, 5) is 0. The van der Waals surface area contributed by atoms with Gasteiger partial charge in [-0.3, -0.25) is 0 Å². The summed E-state index contributed by atoms with van der Waals surface area (Å²) in [7, 11) is 0. The quantitative estimate of drug-likeness (QED) is 0.837. The van der Waals surface area contributed by atoms with Crippen LogP contribution in [0.25, 0.3) is 0 Å². The van der Waals surface area contributed by atoms with Gasteiger partial charge in [0.05, 0.1) is 11.8 Å². The van der Waals surface area contributed by atoms with Crippen LogP contribution in [0, 0.1) is 5.82 Å². The van der Waals surface area contributed by atoms with E-state index < -0.39 is 6.04 Å². The zero-order chi connectivity index (χ0) is 15.7. The Labute approximate surface area is 132 Å². The normalized spacial score (nSPS) is 17.4. The summed E-state index contributed by atoms with van der Waals surface area (Å²) < 4.78 is 14.1. The van der Waals surface area contributed by atoms with Crippen LogP contribution in [0.5, 0.6) is 5.75 Å². The van der Waals surface area contributed by atoms with Crippen molar-refractivity contribution in [1.29, 1.82) is 0 Å². The molecule has 2 aromatic carbocycles. The molecule has 0 saturated carbocycles. The first kappa shape index (κ1) is 14.5. The lowest BCUT2D eigenvalue weighted by Crippen LogP contribution is -2.32. The van der Waals surface area contributed by atoms with Crippen LogP contribution in [0.15, 0.2) is 53.6 Å². The van der Waals surface area contributed by atoms with Crippen LogP contribution in [0.1, 0.15) is 23.6 Å². The highest BCUT2D eigenvalue weighted by Crippen LogP contribution is 2.35. The van der Waals surface area contributed by atoms with Crippen LogP contribution in [0.3, 0.4) is 0 Å². The van der Waals surface area contributed by atoms with Gasteiger partial charge >= 0.3 is 0 Å². The Morgan fingerprint density at radius 1 is 1.23 bits per heavy atom. The van der Waals surface area contributed by atoms with Gasteiger partial charge in [0.1, 0.15) is 11.6 Å². The molecule has 0 amide bonds. The molecule has 2 aromatic rings. The lowest BCUT2D eigenvalue weighted by Gasteiger charge is -2.22. The molecule has 0 saturated heterocycles. The third-order valence-corrected chi connectivity index (χ3v) is 3.80. The Balaban J connectivity index is 2.01. The average Bonchev–Trinajstić information content (AvgIpc) is 2.93. The summed E-state index contributed by atoms with van der Waals surface area (Å²) in [6, 6.07) is 12.9. The Bertz CT molecular complexity index is 763. The Morgan fingerprint density at radius 2 is 1.91 bits per heavy atom. The van der Waals surface area contributed by atoms with Crippen molar-refractivity contribution in [2.75, 3.05) is 0 Å². The number of hydrogen-bond donors (Lipinski definition) is 2. The van der Waals surface area contributed by atoms with Gasteiger partial charge in [0.25, 0.3) is 0 Å². The van der Waals surface area contributed by atoms with Crippen molar-refractivity contribution < 1.29 is 9.50 Å². The van der Waals surface area contributed by atoms with Gasteiger partial charge < -0.3 is 10.8 Å². The van der Waals surface area contributed by atoms with Crippen LogP contribution < -0.4 is 5.73 Å². The maximum absolute atomic E-state index is 14.1. The Kier molecular flexibility index (Phi) is 3.77. The maximum atomic E-state index is 14.1. The minimum Gasteiger partial charge on any atom is -0.507 e. The third kappa shape index (κ3) is 2.53. The van der Waals surface area contributed by atoms with E-state index in [1.54, 1.807) is 42.5 Å². The van der Waals surface area contributed by atoms with E-state index in [-0.39, 0.29) is 16.7 Å². The number of aromatic hydroxyl groups is 1. The largest absolute Gasteiger partial charge is 0.507 e. The fraction of sp³-hybridized carbons (Fsp3) is 0.125. The van der Waals surface area contributed by atoms with Crippen LogP contribution in [-0.2, 0) is 0 Å². The molecular weight excluding hydrogens is 301 g/mol. The predicted molar refractivity (Wildman–Crippen MR) is 87.0 cm³/mol. The molecule has 1 aliphatic rings. The summed E-state index contributed by atoms with van der Waals surface area (Å²) in [6.45, 7) is 0. The first-order valence-corrected chi connectivity index (χ1v) is 7.17. The fourth-order valence-electron chi connectivity index (χ4n) is 2.58. The van der Waals surface area contributed by atoms with Crippen molar-refractivity contribution in [3.05, 3.63) is 65.5 Å². The maximum Gasteiger partial charge on any atom is 0.187 e. The molecule has 4 nitrogen and oxygen atoms in total. The summed E-state index contributed by atoms with van der Waals surface area (Å²) in [6.07, 6.45) is 0.413. The number of phenolic OH excluding ortho intramolecular Hbond substituents is 1. The number of benzene rings is 2. The number of nitrogens with two attached hydrogens (primary N) is 1. The van der Waals surface area contributed by atoms with Gasteiger partial charge in [-0.2, -0.15) is 5.10 Å². The van der Waals surface area contributed by atoms with Crippen molar-refractivity contribution >= 4 is 23.0 Å². The van der Waals surface area contributed by atoms with Crippen molar-refractivity contribution in [3.63, 3.8) is 0 Å². The molecule has 3 rings (SSSR count). The van der Waals surface area contributed by atoms with Crippen LogP contribution in [0.2, 0.25) is 0 Å². The second kappa shape index (κ2) is 5.73. The van der Waals surface area contributed by atoms with E-state index in [4.69, 9.17) is 18.0 Å². The smallest absolute Gasteiger partial charge is 0.187 e. The number of hydrogen-bond acceptors (Lipinski definition) is 3. The zero-order valence-electron chi connectivity index (χ0n) is 11.6. The number of para-hydroxylation sites is 1. The second-order valence-electron chi connectivity index (χ2n) is 4.99. The molecule has 0 radical (unpaired) electrons. The molecule has 1 heterocycles. The van der Waals surface area contributed by atoms with E-state index in [1.807, 2.05) is 0 Å². The summed E-state index contributed by atoms with van der Waals surface area (Å²) >= 11 is 5.02. The number of nitrogens with zero attached hydrogens (tertiary/aromatic N) is 2. The van der Waals surface area contributed by atoms with E-state index in [2.05, 4.69) is 5.10 Å². The Morgan fingerprint density at radius 3 is 2.59 bits per heavy atom. The monoisotopic (exact) mass is 315 g/mol. The molecule has 0 fully saturated rings. The van der Waals surface area contributed by atoms with Gasteiger partial charge in [-0.1, -0.05) is 30.3 Å². The molecule has 0 spiro atoms. The van der Waals surface area contributed by atoms with E-state index in [1.165, 1.54) is 11.1 Å².